The fraction of sp³-hybridized carbons (Fsp3) is 0.333. The van der Waals surface area contributed by atoms with E-state index in [0.717, 1.165) is 36.5 Å². The first-order valence-corrected chi connectivity index (χ1v) is 6.55. The normalized spacial score (nSPS) is 10.1. The number of aromatic nitrogens is 2. The summed E-state index contributed by atoms with van der Waals surface area (Å²) in [7, 11) is 1.62. The second-order valence-electron chi connectivity index (χ2n) is 4.57. The number of methoxy groups -OCH3 is 1. The van der Waals surface area contributed by atoms with E-state index in [2.05, 4.69) is 21.6 Å². The minimum Gasteiger partial charge on any atom is -0.497 e. The first-order valence-electron chi connectivity index (χ1n) is 6.55. The van der Waals surface area contributed by atoms with E-state index < -0.39 is 0 Å². The second-order valence-corrected chi connectivity index (χ2v) is 4.57. The van der Waals surface area contributed by atoms with E-state index in [0.29, 0.717) is 5.56 Å². The van der Waals surface area contributed by atoms with Crippen LogP contribution in [0.2, 0.25) is 0 Å². The second kappa shape index (κ2) is 6.62. The van der Waals surface area contributed by atoms with Gasteiger partial charge >= 0.3 is 0 Å². The van der Waals surface area contributed by atoms with Gasteiger partial charge in [-0.25, -0.2) is 0 Å². The molecular weight excluding hydrogens is 252 g/mol. The molecule has 1 aromatic carbocycles. The summed E-state index contributed by atoms with van der Waals surface area (Å²) >= 11 is 0. The van der Waals surface area contributed by atoms with Gasteiger partial charge in [-0.3, -0.25) is 5.10 Å². The lowest BCUT2D eigenvalue weighted by Crippen LogP contribution is -2.05. The Morgan fingerprint density at radius 2 is 2.30 bits per heavy atom. The number of aromatic amines is 1. The van der Waals surface area contributed by atoms with Crippen molar-refractivity contribution in [3.63, 3.8) is 0 Å². The zero-order valence-corrected chi connectivity index (χ0v) is 11.7. The lowest BCUT2D eigenvalue weighted by Gasteiger charge is -2.09. The van der Waals surface area contributed by atoms with E-state index in [4.69, 9.17) is 10.00 Å². The Morgan fingerprint density at radius 3 is 2.95 bits per heavy atom. The van der Waals surface area contributed by atoms with Crippen LogP contribution in [0.4, 0.5) is 5.69 Å². The highest BCUT2D eigenvalue weighted by Crippen LogP contribution is 2.21. The average Bonchev–Trinajstić information content (AvgIpc) is 2.88. The number of hydrogen-bond acceptors (Lipinski definition) is 4. The molecule has 0 amide bonds. The summed E-state index contributed by atoms with van der Waals surface area (Å²) in [6.07, 6.45) is 3.80. The van der Waals surface area contributed by atoms with Gasteiger partial charge in [0.2, 0.25) is 0 Å². The van der Waals surface area contributed by atoms with E-state index in [-0.39, 0.29) is 0 Å². The molecule has 0 atom stereocenters. The van der Waals surface area contributed by atoms with E-state index in [1.54, 1.807) is 19.2 Å². The summed E-state index contributed by atoms with van der Waals surface area (Å²) in [4.78, 5) is 0. The lowest BCUT2D eigenvalue weighted by molar-refractivity contribution is 0.415. The molecule has 104 valence electrons. The molecule has 0 bridgehead atoms. The van der Waals surface area contributed by atoms with Crippen molar-refractivity contribution in [2.45, 2.75) is 19.8 Å². The first kappa shape index (κ1) is 13.9. The summed E-state index contributed by atoms with van der Waals surface area (Å²) in [5.74, 6) is 0.747. The Morgan fingerprint density at radius 1 is 1.45 bits per heavy atom. The standard InChI is InChI=1S/C15H18N4O/c1-11-13(10-18-19-11)4-3-7-17-15-8-14(20-2)6-5-12(15)9-16/h5-6,8,10,17H,3-4,7H2,1-2H3,(H,18,19). The molecule has 20 heavy (non-hydrogen) atoms. The molecule has 0 aliphatic heterocycles. The molecule has 1 heterocycles. The van der Waals surface area contributed by atoms with Crippen molar-refractivity contribution < 1.29 is 4.74 Å². The van der Waals surface area contributed by atoms with Gasteiger partial charge in [-0.05, 0) is 37.5 Å². The number of hydrogen-bond donors (Lipinski definition) is 2. The predicted octanol–water partition coefficient (Wildman–Crippen LogP) is 2.64. The molecule has 0 saturated heterocycles. The molecule has 0 spiro atoms. The van der Waals surface area contributed by atoms with E-state index in [1.165, 1.54) is 5.56 Å². The third-order valence-corrected chi connectivity index (χ3v) is 3.22. The fourth-order valence-electron chi connectivity index (χ4n) is 2.02. The zero-order valence-electron chi connectivity index (χ0n) is 11.7. The van der Waals surface area contributed by atoms with Gasteiger partial charge in [0.1, 0.15) is 11.8 Å². The third-order valence-electron chi connectivity index (χ3n) is 3.22. The molecule has 2 rings (SSSR count). The Kier molecular flexibility index (Phi) is 4.61. The fourth-order valence-corrected chi connectivity index (χ4v) is 2.02. The Labute approximate surface area is 118 Å². The number of nitrogens with one attached hydrogen (secondary N) is 2. The first-order chi connectivity index (χ1) is 9.74. The van der Waals surface area contributed by atoms with Crippen molar-refractivity contribution in [1.29, 1.82) is 5.26 Å². The number of anilines is 1. The Hall–Kier alpha value is -2.48. The van der Waals surface area contributed by atoms with Crippen LogP contribution in [0.3, 0.4) is 0 Å². The highest BCUT2D eigenvalue weighted by molar-refractivity contribution is 5.60. The maximum Gasteiger partial charge on any atom is 0.121 e. The molecular formula is C15H18N4O. The molecule has 0 fully saturated rings. The van der Waals surface area contributed by atoms with Crippen molar-refractivity contribution >= 4 is 5.69 Å². The van der Waals surface area contributed by atoms with Crippen LogP contribution in [0.15, 0.2) is 24.4 Å². The number of nitrogens with zero attached hydrogens (tertiary/aromatic N) is 2. The topological polar surface area (TPSA) is 73.7 Å². The molecule has 0 unspecified atom stereocenters. The van der Waals surface area contributed by atoms with Gasteiger partial charge in [0.15, 0.2) is 0 Å². The van der Waals surface area contributed by atoms with E-state index >= 15 is 0 Å². The SMILES string of the molecule is COc1ccc(C#N)c(NCCCc2cn[nH]c2C)c1. The smallest absolute Gasteiger partial charge is 0.121 e. The van der Waals surface area contributed by atoms with Crippen LogP contribution in [-0.4, -0.2) is 23.9 Å². The van der Waals surface area contributed by atoms with Gasteiger partial charge in [-0.15, -0.1) is 0 Å². The molecule has 2 N–H and O–H groups in total. The highest BCUT2D eigenvalue weighted by atomic mass is 16.5. The number of nitriles is 1. The Bertz CT molecular complexity index is 613. The monoisotopic (exact) mass is 270 g/mol. The minimum absolute atomic E-state index is 0.630. The van der Waals surface area contributed by atoms with Gasteiger partial charge < -0.3 is 10.1 Å². The van der Waals surface area contributed by atoms with Gasteiger partial charge in [-0.2, -0.15) is 10.4 Å². The summed E-state index contributed by atoms with van der Waals surface area (Å²) in [5.41, 5.74) is 3.79. The van der Waals surface area contributed by atoms with Crippen LogP contribution in [0.5, 0.6) is 5.75 Å². The van der Waals surface area contributed by atoms with Gasteiger partial charge in [0, 0.05) is 18.3 Å². The lowest BCUT2D eigenvalue weighted by atomic mass is 10.1. The number of aryl methyl sites for hydroxylation is 2. The molecule has 1 aromatic heterocycles. The largest absolute Gasteiger partial charge is 0.497 e. The molecule has 5 heteroatoms. The summed E-state index contributed by atoms with van der Waals surface area (Å²) in [6, 6.07) is 7.58. The van der Waals surface area contributed by atoms with Crippen LogP contribution < -0.4 is 10.1 Å². The van der Waals surface area contributed by atoms with Gasteiger partial charge in [0.05, 0.1) is 24.6 Å². The van der Waals surface area contributed by atoms with Gasteiger partial charge in [0.25, 0.3) is 0 Å². The summed E-state index contributed by atoms with van der Waals surface area (Å²) in [5, 5.41) is 19.3. The molecule has 0 aliphatic carbocycles. The van der Waals surface area contributed by atoms with Crippen LogP contribution in [0.25, 0.3) is 0 Å². The number of benzene rings is 1. The van der Waals surface area contributed by atoms with E-state index in [9.17, 15) is 0 Å². The molecule has 2 aromatic rings. The number of H-pyrrole nitrogens is 1. The molecule has 0 radical (unpaired) electrons. The van der Waals surface area contributed by atoms with Crippen molar-refractivity contribution in [3.05, 3.63) is 41.2 Å². The van der Waals surface area contributed by atoms with Crippen LogP contribution >= 0.6 is 0 Å². The van der Waals surface area contributed by atoms with Crippen LogP contribution in [-0.2, 0) is 6.42 Å². The van der Waals surface area contributed by atoms with Crippen LogP contribution in [0, 0.1) is 18.3 Å². The quantitative estimate of drug-likeness (QED) is 0.791. The molecule has 0 saturated carbocycles. The summed E-state index contributed by atoms with van der Waals surface area (Å²) < 4.78 is 5.17. The van der Waals surface area contributed by atoms with Crippen LogP contribution in [0.1, 0.15) is 23.2 Å². The number of rotatable bonds is 6. The highest BCUT2D eigenvalue weighted by Gasteiger charge is 2.04. The van der Waals surface area contributed by atoms with Crippen molar-refractivity contribution in [2.75, 3.05) is 19.0 Å². The minimum atomic E-state index is 0.630. The predicted molar refractivity (Wildman–Crippen MR) is 77.8 cm³/mol. The van der Waals surface area contributed by atoms with E-state index in [1.807, 2.05) is 19.2 Å². The number of ether oxygens (including phenoxy) is 1. The molecule has 5 nitrogen and oxygen atoms in total. The summed E-state index contributed by atoms with van der Waals surface area (Å²) in [6.45, 7) is 2.82. The average molecular weight is 270 g/mol. The molecule has 0 aliphatic rings. The van der Waals surface area contributed by atoms with Crippen molar-refractivity contribution in [2.24, 2.45) is 0 Å². The van der Waals surface area contributed by atoms with Gasteiger partial charge in [-0.1, -0.05) is 0 Å². The Balaban J connectivity index is 1.90. The third kappa shape index (κ3) is 3.29. The zero-order chi connectivity index (χ0) is 14.4. The maximum absolute atomic E-state index is 9.08. The maximum atomic E-state index is 9.08. The van der Waals surface area contributed by atoms with Crippen molar-refractivity contribution in [3.8, 4) is 11.8 Å². The van der Waals surface area contributed by atoms with Crippen molar-refractivity contribution in [1.82, 2.24) is 10.2 Å².